The fourth-order valence-corrected chi connectivity index (χ4v) is 3.80. The van der Waals surface area contributed by atoms with E-state index in [0.29, 0.717) is 5.56 Å². The highest BCUT2D eigenvalue weighted by Gasteiger charge is 2.33. The van der Waals surface area contributed by atoms with E-state index in [1.165, 1.54) is 0 Å². The fraction of sp³-hybridized carbons (Fsp3) is 0.190. The van der Waals surface area contributed by atoms with Crippen LogP contribution in [-0.2, 0) is 21.3 Å². The Balaban J connectivity index is 1.85. The van der Waals surface area contributed by atoms with Crippen LogP contribution >= 0.6 is 12.2 Å². The van der Waals surface area contributed by atoms with Crippen LogP contribution in [0, 0.1) is 10.8 Å². The van der Waals surface area contributed by atoms with Gasteiger partial charge in [0.15, 0.2) is 10.9 Å². The molecule has 0 spiro atoms. The summed E-state index contributed by atoms with van der Waals surface area (Å²) in [4.78, 5) is 12.3. The van der Waals surface area contributed by atoms with E-state index in [0.717, 1.165) is 21.8 Å². The molecule has 4 rings (SSSR count). The lowest BCUT2D eigenvalue weighted by Crippen LogP contribution is -2.35. The van der Waals surface area contributed by atoms with Gasteiger partial charge in [-0.1, -0.05) is 24.3 Å². The summed E-state index contributed by atoms with van der Waals surface area (Å²) in [5, 5.41) is 17.7. The fourth-order valence-electron chi connectivity index (χ4n) is 3.48. The number of aromatic nitrogens is 1. The third-order valence-electron chi connectivity index (χ3n) is 4.87. The van der Waals surface area contributed by atoms with Gasteiger partial charge < -0.3 is 14.9 Å². The summed E-state index contributed by atoms with van der Waals surface area (Å²) in [5.74, 6) is -0.931. The maximum Gasteiger partial charge on any atom is 0.359 e. The number of ether oxygens (including phenoxy) is 2. The average Bonchev–Trinajstić information content (AvgIpc) is 2.81. The second-order valence-corrected chi connectivity index (χ2v) is 6.99. The topological polar surface area (TPSA) is 87.1 Å². The lowest BCUT2D eigenvalue weighted by molar-refractivity contribution is -0.617. The molecule has 0 saturated carbocycles. The SMILES string of the molecule is C[n+]1c2ccccc2c(C(=S)OC2C(=N)CCC(=N)OC2=O)c2ccccc21. The molecule has 28 heavy (non-hydrogen) atoms. The summed E-state index contributed by atoms with van der Waals surface area (Å²) >= 11 is 5.59. The normalized spacial score (nSPS) is 17.5. The van der Waals surface area contributed by atoms with Gasteiger partial charge in [-0.15, -0.1) is 0 Å². The average molecular weight is 392 g/mol. The molecule has 1 aliphatic heterocycles. The number of hydrogen-bond donors (Lipinski definition) is 2. The molecule has 2 heterocycles. The van der Waals surface area contributed by atoms with Gasteiger partial charge >= 0.3 is 5.97 Å². The van der Waals surface area contributed by atoms with Crippen molar-refractivity contribution in [1.82, 2.24) is 0 Å². The van der Waals surface area contributed by atoms with Crippen LogP contribution in [0.5, 0.6) is 0 Å². The van der Waals surface area contributed by atoms with Gasteiger partial charge in [0.05, 0.1) is 22.0 Å². The number of pyridine rings is 1. The number of cyclic esters (lactones) is 1. The predicted molar refractivity (Wildman–Crippen MR) is 110 cm³/mol. The first-order chi connectivity index (χ1) is 13.5. The molecule has 0 amide bonds. The predicted octanol–water partition coefficient (Wildman–Crippen LogP) is 3.21. The molecule has 2 N–H and O–H groups in total. The second-order valence-electron chi connectivity index (χ2n) is 6.62. The third-order valence-corrected chi connectivity index (χ3v) is 5.17. The van der Waals surface area contributed by atoms with Crippen molar-refractivity contribution >= 4 is 56.7 Å². The van der Waals surface area contributed by atoms with E-state index in [1.807, 2.05) is 55.6 Å². The molecule has 0 bridgehead atoms. The Kier molecular flexibility index (Phi) is 4.60. The molecule has 1 aromatic heterocycles. The number of para-hydroxylation sites is 2. The summed E-state index contributed by atoms with van der Waals surface area (Å²) in [6.07, 6.45) is -0.810. The number of aryl methyl sites for hydroxylation is 1. The molecule has 1 atom stereocenters. The quantitative estimate of drug-likeness (QED) is 0.303. The summed E-state index contributed by atoms with van der Waals surface area (Å²) < 4.78 is 12.8. The number of carbonyl (C=O) groups is 1. The van der Waals surface area contributed by atoms with Crippen LogP contribution in [0.3, 0.4) is 0 Å². The standard InChI is InChI=1S/C21H18N3O3S/c1-24-15-8-4-2-6-12(15)18(13-7-3-5-9-16(13)24)21(28)27-19-14(22)10-11-17(23)26-20(19)25/h2-9,19,22-23H,10-11H2,1H3/q+1. The molecule has 0 aliphatic carbocycles. The molecule has 7 heteroatoms. The summed E-state index contributed by atoms with van der Waals surface area (Å²) in [5.41, 5.74) is 2.72. The van der Waals surface area contributed by atoms with Crippen LogP contribution in [0.25, 0.3) is 21.8 Å². The number of benzene rings is 2. The Morgan fingerprint density at radius 3 is 2.25 bits per heavy atom. The van der Waals surface area contributed by atoms with E-state index in [2.05, 4.69) is 4.57 Å². The van der Waals surface area contributed by atoms with Crippen molar-refractivity contribution in [3.63, 3.8) is 0 Å². The summed E-state index contributed by atoms with van der Waals surface area (Å²) in [7, 11) is 1.99. The lowest BCUT2D eigenvalue weighted by Gasteiger charge is -2.17. The van der Waals surface area contributed by atoms with E-state index >= 15 is 0 Å². The molecule has 1 fully saturated rings. The highest BCUT2D eigenvalue weighted by atomic mass is 32.1. The molecule has 0 radical (unpaired) electrons. The smallest absolute Gasteiger partial charge is 0.359 e. The number of fused-ring (bicyclic) bond motifs is 2. The van der Waals surface area contributed by atoms with E-state index in [1.54, 1.807) is 0 Å². The van der Waals surface area contributed by atoms with E-state index in [9.17, 15) is 4.79 Å². The first-order valence-corrected chi connectivity index (χ1v) is 9.25. The molecule has 1 saturated heterocycles. The number of thiocarbonyl (C=S) groups is 1. The van der Waals surface area contributed by atoms with Gasteiger partial charge in [-0.25, -0.2) is 4.79 Å². The molecule has 1 aliphatic rings. The minimum Gasteiger partial charge on any atom is -0.462 e. The van der Waals surface area contributed by atoms with Gasteiger partial charge in [0.1, 0.15) is 7.05 Å². The van der Waals surface area contributed by atoms with Crippen molar-refractivity contribution in [2.24, 2.45) is 7.05 Å². The monoisotopic (exact) mass is 392 g/mol. The Morgan fingerprint density at radius 2 is 1.64 bits per heavy atom. The Bertz CT molecular complexity index is 1120. The molecular weight excluding hydrogens is 374 g/mol. The van der Waals surface area contributed by atoms with Crippen LogP contribution in [0.15, 0.2) is 48.5 Å². The Labute approximate surface area is 166 Å². The summed E-state index contributed by atoms with van der Waals surface area (Å²) in [6.45, 7) is 0. The zero-order chi connectivity index (χ0) is 19.8. The number of nitrogens with zero attached hydrogens (tertiary/aromatic N) is 1. The van der Waals surface area contributed by atoms with Crippen LogP contribution < -0.4 is 4.57 Å². The highest BCUT2D eigenvalue weighted by Crippen LogP contribution is 2.27. The Morgan fingerprint density at radius 1 is 1.07 bits per heavy atom. The zero-order valence-corrected chi connectivity index (χ0v) is 16.0. The van der Waals surface area contributed by atoms with Crippen molar-refractivity contribution in [3.8, 4) is 0 Å². The third kappa shape index (κ3) is 3.03. The van der Waals surface area contributed by atoms with E-state index in [-0.39, 0.29) is 29.5 Å². The van der Waals surface area contributed by atoms with Crippen molar-refractivity contribution in [1.29, 1.82) is 10.8 Å². The first kappa shape index (κ1) is 18.2. The van der Waals surface area contributed by atoms with Gasteiger partial charge in [0.25, 0.3) is 0 Å². The van der Waals surface area contributed by atoms with Gasteiger partial charge in [0.2, 0.25) is 17.1 Å². The molecule has 1 unspecified atom stereocenters. The first-order valence-electron chi connectivity index (χ1n) is 8.84. The minimum absolute atomic E-state index is 0.0599. The summed E-state index contributed by atoms with van der Waals surface area (Å²) in [6, 6.07) is 15.7. The molecule has 3 aromatic rings. The minimum atomic E-state index is -1.23. The van der Waals surface area contributed by atoms with Crippen LogP contribution in [0.2, 0.25) is 0 Å². The molecule has 6 nitrogen and oxygen atoms in total. The molecule has 140 valence electrons. The molecule has 2 aromatic carbocycles. The van der Waals surface area contributed by atoms with Crippen molar-refractivity contribution in [2.45, 2.75) is 18.9 Å². The van der Waals surface area contributed by atoms with Crippen LogP contribution in [0.1, 0.15) is 18.4 Å². The van der Waals surface area contributed by atoms with Crippen molar-refractivity contribution in [2.75, 3.05) is 0 Å². The number of esters is 1. The number of nitrogens with one attached hydrogen (secondary N) is 2. The van der Waals surface area contributed by atoms with E-state index in [4.69, 9.17) is 32.5 Å². The largest absolute Gasteiger partial charge is 0.462 e. The zero-order valence-electron chi connectivity index (χ0n) is 15.2. The number of carbonyl (C=O) groups excluding carboxylic acids is 1. The van der Waals surface area contributed by atoms with Gasteiger partial charge in [-0.3, -0.25) is 5.41 Å². The van der Waals surface area contributed by atoms with Gasteiger partial charge in [-0.2, -0.15) is 4.57 Å². The lowest BCUT2D eigenvalue weighted by atomic mass is 10.0. The van der Waals surface area contributed by atoms with Crippen LogP contribution in [0.4, 0.5) is 0 Å². The van der Waals surface area contributed by atoms with Gasteiger partial charge in [-0.05, 0) is 30.8 Å². The maximum absolute atomic E-state index is 12.3. The van der Waals surface area contributed by atoms with Gasteiger partial charge in [0, 0.05) is 18.6 Å². The van der Waals surface area contributed by atoms with Crippen molar-refractivity contribution in [3.05, 3.63) is 54.1 Å². The molecular formula is C21H18N3O3S+. The van der Waals surface area contributed by atoms with Crippen molar-refractivity contribution < 1.29 is 18.8 Å². The number of rotatable bonds is 2. The second kappa shape index (κ2) is 7.09. The van der Waals surface area contributed by atoms with Crippen LogP contribution in [-0.4, -0.2) is 28.7 Å². The maximum atomic E-state index is 12.3. The Hall–Kier alpha value is -3.19. The van der Waals surface area contributed by atoms with E-state index < -0.39 is 12.1 Å². The highest BCUT2D eigenvalue weighted by molar-refractivity contribution is 7.80. The number of hydrogen-bond acceptors (Lipinski definition) is 6.